The Morgan fingerprint density at radius 2 is 2.00 bits per heavy atom. The summed E-state index contributed by atoms with van der Waals surface area (Å²) in [6.07, 6.45) is 1.74. The number of carbonyl (C=O) groups excluding carboxylic acids is 2. The van der Waals surface area contributed by atoms with Crippen LogP contribution in [0.25, 0.3) is 10.8 Å². The number of carbonyl (C=O) groups is 2. The zero-order valence-electron chi connectivity index (χ0n) is 14.5. The molecule has 0 aromatic heterocycles. The lowest BCUT2D eigenvalue weighted by molar-refractivity contribution is -0.150. The molecule has 1 saturated heterocycles. The van der Waals surface area contributed by atoms with Gasteiger partial charge in [0.15, 0.2) is 0 Å². The number of hydrogen-bond acceptors (Lipinski definition) is 4. The Balaban J connectivity index is 1.61. The van der Waals surface area contributed by atoms with Gasteiger partial charge in [0.05, 0.1) is 19.1 Å². The second kappa shape index (κ2) is 8.12. The molecule has 3 rings (SSSR count). The number of anilines is 1. The fraction of sp³-hybridized carbons (Fsp3) is 0.400. The predicted molar refractivity (Wildman–Crippen MR) is 98.4 cm³/mol. The lowest BCUT2D eigenvalue weighted by Crippen LogP contribution is -2.43. The summed E-state index contributed by atoms with van der Waals surface area (Å²) in [4.78, 5) is 26.4. The van der Waals surface area contributed by atoms with Crippen LogP contribution >= 0.6 is 0 Å². The molecule has 5 heteroatoms. The Hall–Kier alpha value is -2.40. The first-order valence-electron chi connectivity index (χ1n) is 8.84. The number of amides is 1. The van der Waals surface area contributed by atoms with Gasteiger partial charge in [-0.05, 0) is 37.8 Å². The molecule has 0 radical (unpaired) electrons. The summed E-state index contributed by atoms with van der Waals surface area (Å²) in [5, 5.41) is 5.13. The highest BCUT2D eigenvalue weighted by atomic mass is 16.5. The second-order valence-corrected chi connectivity index (χ2v) is 6.40. The second-order valence-electron chi connectivity index (χ2n) is 6.40. The van der Waals surface area contributed by atoms with E-state index in [1.807, 2.05) is 54.3 Å². The molecule has 1 unspecified atom stereocenters. The first-order chi connectivity index (χ1) is 12.2. The molecular formula is C20H24N2O3. The molecule has 1 aliphatic rings. The summed E-state index contributed by atoms with van der Waals surface area (Å²) >= 11 is 0. The third-order valence-corrected chi connectivity index (χ3v) is 4.56. The largest absolute Gasteiger partial charge is 0.466 e. The number of rotatable bonds is 5. The van der Waals surface area contributed by atoms with Crippen LogP contribution < -0.4 is 5.32 Å². The van der Waals surface area contributed by atoms with E-state index in [1.54, 1.807) is 0 Å². The number of benzene rings is 2. The molecule has 2 aromatic rings. The monoisotopic (exact) mass is 340 g/mol. The number of ether oxygens (including phenoxy) is 1. The summed E-state index contributed by atoms with van der Waals surface area (Å²) in [5.74, 6) is -0.332. The number of esters is 1. The van der Waals surface area contributed by atoms with Gasteiger partial charge < -0.3 is 10.1 Å². The highest BCUT2D eigenvalue weighted by Crippen LogP contribution is 2.23. The molecule has 2 aromatic carbocycles. The van der Waals surface area contributed by atoms with E-state index in [0.29, 0.717) is 19.7 Å². The summed E-state index contributed by atoms with van der Waals surface area (Å²) in [6, 6.07) is 13.9. The standard InChI is InChI=1S/C20H24N2O3/c1-2-25-20(24)16-9-6-12-22(13-16)14-19(23)21-18-11-5-8-15-7-3-4-10-17(15)18/h3-5,7-8,10-11,16H,2,6,9,12-14H2,1H3,(H,21,23). The lowest BCUT2D eigenvalue weighted by Gasteiger charge is -2.30. The van der Waals surface area contributed by atoms with E-state index in [0.717, 1.165) is 35.8 Å². The molecule has 5 nitrogen and oxygen atoms in total. The fourth-order valence-electron chi connectivity index (χ4n) is 3.38. The Kier molecular flexibility index (Phi) is 5.66. The van der Waals surface area contributed by atoms with Crippen LogP contribution in [0.3, 0.4) is 0 Å². The van der Waals surface area contributed by atoms with E-state index in [4.69, 9.17) is 4.74 Å². The van der Waals surface area contributed by atoms with Gasteiger partial charge in [0, 0.05) is 17.6 Å². The first kappa shape index (κ1) is 17.4. The lowest BCUT2D eigenvalue weighted by atomic mass is 9.98. The van der Waals surface area contributed by atoms with E-state index in [-0.39, 0.29) is 17.8 Å². The molecule has 0 saturated carbocycles. The van der Waals surface area contributed by atoms with Crippen LogP contribution in [0.4, 0.5) is 5.69 Å². The van der Waals surface area contributed by atoms with Gasteiger partial charge in [0.2, 0.25) is 5.91 Å². The van der Waals surface area contributed by atoms with E-state index in [2.05, 4.69) is 5.32 Å². The van der Waals surface area contributed by atoms with Crippen molar-refractivity contribution >= 4 is 28.3 Å². The molecule has 1 atom stereocenters. The van der Waals surface area contributed by atoms with Crippen molar-refractivity contribution in [2.45, 2.75) is 19.8 Å². The maximum Gasteiger partial charge on any atom is 0.310 e. The molecule has 0 spiro atoms. The van der Waals surface area contributed by atoms with Gasteiger partial charge in [-0.1, -0.05) is 36.4 Å². The van der Waals surface area contributed by atoms with Crippen LogP contribution in [0, 0.1) is 5.92 Å². The van der Waals surface area contributed by atoms with E-state index in [1.165, 1.54) is 0 Å². The predicted octanol–water partition coefficient (Wildman–Crippen LogP) is 3.05. The van der Waals surface area contributed by atoms with Crippen molar-refractivity contribution in [3.8, 4) is 0 Å². The fourth-order valence-corrected chi connectivity index (χ4v) is 3.38. The highest BCUT2D eigenvalue weighted by Gasteiger charge is 2.27. The van der Waals surface area contributed by atoms with Gasteiger partial charge in [-0.2, -0.15) is 0 Å². The van der Waals surface area contributed by atoms with Gasteiger partial charge in [0.1, 0.15) is 0 Å². The first-order valence-corrected chi connectivity index (χ1v) is 8.84. The summed E-state index contributed by atoms with van der Waals surface area (Å²) in [6.45, 7) is 3.92. The zero-order chi connectivity index (χ0) is 17.6. The van der Waals surface area contributed by atoms with Gasteiger partial charge in [-0.15, -0.1) is 0 Å². The Labute approximate surface area is 148 Å². The average Bonchev–Trinajstić information content (AvgIpc) is 2.62. The minimum absolute atomic E-state index is 0.0548. The topological polar surface area (TPSA) is 58.6 Å². The minimum atomic E-state index is -0.151. The molecule has 1 amide bonds. The van der Waals surface area contributed by atoms with Gasteiger partial charge in [-0.25, -0.2) is 0 Å². The molecular weight excluding hydrogens is 316 g/mol. The normalized spacial score (nSPS) is 18.0. The van der Waals surface area contributed by atoms with Crippen LogP contribution in [0.15, 0.2) is 42.5 Å². The third kappa shape index (κ3) is 4.37. The highest BCUT2D eigenvalue weighted by molar-refractivity contribution is 6.02. The van der Waals surface area contributed by atoms with E-state index in [9.17, 15) is 9.59 Å². The number of fused-ring (bicyclic) bond motifs is 1. The van der Waals surface area contributed by atoms with Crippen molar-refractivity contribution in [1.82, 2.24) is 4.90 Å². The van der Waals surface area contributed by atoms with E-state index < -0.39 is 0 Å². The smallest absolute Gasteiger partial charge is 0.310 e. The summed E-state index contributed by atoms with van der Waals surface area (Å²) < 4.78 is 5.11. The number of hydrogen-bond donors (Lipinski definition) is 1. The molecule has 0 bridgehead atoms. The maximum atomic E-state index is 12.5. The molecule has 1 fully saturated rings. The van der Waals surface area contributed by atoms with E-state index >= 15 is 0 Å². The quantitative estimate of drug-likeness (QED) is 0.850. The third-order valence-electron chi connectivity index (χ3n) is 4.56. The summed E-state index contributed by atoms with van der Waals surface area (Å²) in [5.41, 5.74) is 0.821. The van der Waals surface area contributed by atoms with Gasteiger partial charge in [-0.3, -0.25) is 14.5 Å². The Morgan fingerprint density at radius 3 is 2.84 bits per heavy atom. The number of likely N-dealkylation sites (tertiary alicyclic amines) is 1. The average molecular weight is 340 g/mol. The molecule has 1 N–H and O–H groups in total. The van der Waals surface area contributed by atoms with Crippen molar-refractivity contribution in [2.75, 3.05) is 31.6 Å². The molecule has 0 aliphatic carbocycles. The van der Waals surface area contributed by atoms with Crippen molar-refractivity contribution in [3.63, 3.8) is 0 Å². The van der Waals surface area contributed by atoms with Crippen molar-refractivity contribution in [3.05, 3.63) is 42.5 Å². The van der Waals surface area contributed by atoms with Gasteiger partial charge >= 0.3 is 5.97 Å². The van der Waals surface area contributed by atoms with Crippen LogP contribution in [0.1, 0.15) is 19.8 Å². The number of nitrogens with one attached hydrogen (secondary N) is 1. The van der Waals surface area contributed by atoms with Crippen LogP contribution in [0.5, 0.6) is 0 Å². The SMILES string of the molecule is CCOC(=O)C1CCCN(CC(=O)Nc2cccc3ccccc23)C1. The zero-order valence-corrected chi connectivity index (χ0v) is 14.5. The van der Waals surface area contributed by atoms with Crippen LogP contribution in [0.2, 0.25) is 0 Å². The Bertz CT molecular complexity index is 754. The summed E-state index contributed by atoms with van der Waals surface area (Å²) in [7, 11) is 0. The number of nitrogens with zero attached hydrogens (tertiary/aromatic N) is 1. The molecule has 132 valence electrons. The van der Waals surface area contributed by atoms with Crippen molar-refractivity contribution < 1.29 is 14.3 Å². The van der Waals surface area contributed by atoms with Gasteiger partial charge in [0.25, 0.3) is 0 Å². The Morgan fingerprint density at radius 1 is 1.20 bits per heavy atom. The maximum absolute atomic E-state index is 12.5. The van der Waals surface area contributed by atoms with Crippen LogP contribution in [-0.4, -0.2) is 43.0 Å². The number of piperidine rings is 1. The van der Waals surface area contributed by atoms with Crippen molar-refractivity contribution in [2.24, 2.45) is 5.92 Å². The molecule has 1 aliphatic heterocycles. The molecule has 1 heterocycles. The van der Waals surface area contributed by atoms with Crippen molar-refractivity contribution in [1.29, 1.82) is 0 Å². The molecule has 25 heavy (non-hydrogen) atoms. The minimum Gasteiger partial charge on any atom is -0.466 e. The van der Waals surface area contributed by atoms with Crippen LogP contribution in [-0.2, 0) is 14.3 Å².